The molecule has 0 saturated heterocycles. The van der Waals surface area contributed by atoms with Crippen molar-refractivity contribution in [2.45, 2.75) is 13.2 Å². The summed E-state index contributed by atoms with van der Waals surface area (Å²) in [6.45, 7) is -2.46. The summed E-state index contributed by atoms with van der Waals surface area (Å²) < 4.78 is 30.9. The van der Waals surface area contributed by atoms with Crippen LogP contribution >= 0.6 is 0 Å². The Morgan fingerprint density at radius 2 is 1.89 bits per heavy atom. The van der Waals surface area contributed by atoms with Gasteiger partial charge in [0, 0.05) is 6.54 Å². The monoisotopic (exact) mass is 367 g/mol. The van der Waals surface area contributed by atoms with Gasteiger partial charge >= 0.3 is 6.61 Å². The SMILES string of the molecule is FC(F)Oc1cccc(CNc2ncnc3c2cnn3-c2ccccc2)c1. The van der Waals surface area contributed by atoms with Crippen LogP contribution in [0, 0.1) is 0 Å². The van der Waals surface area contributed by atoms with E-state index in [1.807, 2.05) is 36.4 Å². The highest BCUT2D eigenvalue weighted by molar-refractivity contribution is 5.87. The number of alkyl halides is 2. The molecule has 0 radical (unpaired) electrons. The van der Waals surface area contributed by atoms with Gasteiger partial charge in [-0.05, 0) is 29.8 Å². The lowest BCUT2D eigenvalue weighted by Gasteiger charge is -2.09. The highest BCUT2D eigenvalue weighted by atomic mass is 19.3. The van der Waals surface area contributed by atoms with Crippen molar-refractivity contribution in [1.29, 1.82) is 0 Å². The lowest BCUT2D eigenvalue weighted by atomic mass is 10.2. The van der Waals surface area contributed by atoms with Gasteiger partial charge < -0.3 is 10.1 Å². The van der Waals surface area contributed by atoms with Crippen molar-refractivity contribution in [3.8, 4) is 11.4 Å². The van der Waals surface area contributed by atoms with Crippen molar-refractivity contribution in [2.24, 2.45) is 0 Å². The number of anilines is 1. The minimum Gasteiger partial charge on any atom is -0.435 e. The smallest absolute Gasteiger partial charge is 0.387 e. The molecular formula is C19H15F2N5O. The molecule has 0 aliphatic rings. The van der Waals surface area contributed by atoms with Gasteiger partial charge in [-0.25, -0.2) is 14.6 Å². The number of ether oxygens (including phenoxy) is 1. The predicted octanol–water partition coefficient (Wildman–Crippen LogP) is 4.03. The standard InChI is InChI=1S/C19H15F2N5O/c20-19(21)27-15-8-4-5-13(9-15)10-22-17-16-11-25-26(18(16)24-12-23-17)14-6-2-1-3-7-14/h1-9,11-12,19H,10H2,(H,22,23,24). The zero-order valence-corrected chi connectivity index (χ0v) is 14.1. The van der Waals surface area contributed by atoms with Crippen LogP contribution in [0.5, 0.6) is 5.75 Å². The lowest BCUT2D eigenvalue weighted by Crippen LogP contribution is -2.05. The summed E-state index contributed by atoms with van der Waals surface area (Å²) in [5.41, 5.74) is 2.36. The molecule has 0 fully saturated rings. The van der Waals surface area contributed by atoms with Gasteiger partial charge in [0.15, 0.2) is 5.65 Å². The second-order valence-electron chi connectivity index (χ2n) is 5.73. The molecule has 2 aromatic carbocycles. The van der Waals surface area contributed by atoms with E-state index in [1.54, 1.807) is 23.0 Å². The fourth-order valence-electron chi connectivity index (χ4n) is 2.76. The van der Waals surface area contributed by atoms with Gasteiger partial charge in [-0.3, -0.25) is 0 Å². The Morgan fingerprint density at radius 3 is 2.70 bits per heavy atom. The molecule has 0 amide bonds. The van der Waals surface area contributed by atoms with E-state index >= 15 is 0 Å². The van der Waals surface area contributed by atoms with Gasteiger partial charge in [-0.1, -0.05) is 30.3 Å². The van der Waals surface area contributed by atoms with Crippen LogP contribution < -0.4 is 10.1 Å². The predicted molar refractivity (Wildman–Crippen MR) is 97.1 cm³/mol. The van der Waals surface area contributed by atoms with E-state index in [1.165, 1.54) is 12.4 Å². The maximum atomic E-state index is 12.4. The summed E-state index contributed by atoms with van der Waals surface area (Å²) in [4.78, 5) is 8.60. The number of halogens is 2. The molecule has 6 nitrogen and oxygen atoms in total. The number of para-hydroxylation sites is 1. The van der Waals surface area contributed by atoms with Crippen molar-refractivity contribution in [1.82, 2.24) is 19.7 Å². The first-order valence-corrected chi connectivity index (χ1v) is 8.22. The van der Waals surface area contributed by atoms with Gasteiger partial charge in [0.05, 0.1) is 17.3 Å². The first kappa shape index (κ1) is 16.9. The van der Waals surface area contributed by atoms with Crippen molar-refractivity contribution in [2.75, 3.05) is 5.32 Å². The Hall–Kier alpha value is -3.55. The number of hydrogen-bond donors (Lipinski definition) is 1. The number of benzene rings is 2. The Morgan fingerprint density at radius 1 is 1.04 bits per heavy atom. The van der Waals surface area contributed by atoms with E-state index in [-0.39, 0.29) is 5.75 Å². The third-order valence-corrected chi connectivity index (χ3v) is 3.95. The minimum atomic E-state index is -2.85. The van der Waals surface area contributed by atoms with E-state index in [0.29, 0.717) is 18.0 Å². The van der Waals surface area contributed by atoms with Crippen LogP contribution in [-0.4, -0.2) is 26.4 Å². The van der Waals surface area contributed by atoms with Gasteiger partial charge in [0.25, 0.3) is 0 Å². The molecule has 0 aliphatic heterocycles. The van der Waals surface area contributed by atoms with E-state index in [9.17, 15) is 8.78 Å². The van der Waals surface area contributed by atoms with Crippen molar-refractivity contribution in [3.63, 3.8) is 0 Å². The average molecular weight is 367 g/mol. The topological polar surface area (TPSA) is 64.9 Å². The normalized spacial score (nSPS) is 11.1. The zero-order valence-electron chi connectivity index (χ0n) is 14.1. The number of aromatic nitrogens is 4. The summed E-state index contributed by atoms with van der Waals surface area (Å²) in [7, 11) is 0. The molecule has 0 bridgehead atoms. The maximum absolute atomic E-state index is 12.4. The minimum absolute atomic E-state index is 0.119. The summed E-state index contributed by atoms with van der Waals surface area (Å²) >= 11 is 0. The third kappa shape index (κ3) is 3.69. The first-order chi connectivity index (χ1) is 13.2. The molecular weight excluding hydrogens is 352 g/mol. The first-order valence-electron chi connectivity index (χ1n) is 8.22. The summed E-state index contributed by atoms with van der Waals surface area (Å²) in [6, 6.07) is 16.2. The van der Waals surface area contributed by atoms with Crippen LogP contribution in [0.15, 0.2) is 67.1 Å². The molecule has 0 spiro atoms. The van der Waals surface area contributed by atoms with E-state index in [0.717, 1.165) is 16.6 Å². The van der Waals surface area contributed by atoms with Gasteiger partial charge in [-0.2, -0.15) is 13.9 Å². The summed E-state index contributed by atoms with van der Waals surface area (Å²) in [5.74, 6) is 0.733. The number of rotatable bonds is 6. The van der Waals surface area contributed by atoms with Gasteiger partial charge in [-0.15, -0.1) is 0 Å². The molecule has 4 rings (SSSR count). The van der Waals surface area contributed by atoms with E-state index in [4.69, 9.17) is 0 Å². The third-order valence-electron chi connectivity index (χ3n) is 3.95. The van der Waals surface area contributed by atoms with Crippen molar-refractivity contribution in [3.05, 3.63) is 72.7 Å². The second-order valence-corrected chi connectivity index (χ2v) is 5.73. The van der Waals surface area contributed by atoms with Crippen LogP contribution in [0.1, 0.15) is 5.56 Å². The van der Waals surface area contributed by atoms with E-state index in [2.05, 4.69) is 25.1 Å². The molecule has 2 heterocycles. The molecule has 4 aromatic rings. The van der Waals surface area contributed by atoms with Crippen molar-refractivity contribution < 1.29 is 13.5 Å². The van der Waals surface area contributed by atoms with Crippen LogP contribution in [0.2, 0.25) is 0 Å². The second kappa shape index (κ2) is 7.36. The Bertz CT molecular complexity index is 1050. The summed E-state index contributed by atoms with van der Waals surface area (Å²) in [6.07, 6.45) is 3.16. The summed E-state index contributed by atoms with van der Waals surface area (Å²) in [5, 5.41) is 8.37. The molecule has 27 heavy (non-hydrogen) atoms. The number of fused-ring (bicyclic) bond motifs is 1. The molecule has 8 heteroatoms. The molecule has 0 aliphatic carbocycles. The molecule has 0 saturated carbocycles. The highest BCUT2D eigenvalue weighted by Crippen LogP contribution is 2.22. The van der Waals surface area contributed by atoms with Crippen LogP contribution in [0.3, 0.4) is 0 Å². The Labute approximate surface area is 153 Å². The van der Waals surface area contributed by atoms with E-state index < -0.39 is 6.61 Å². The van der Waals surface area contributed by atoms with Crippen LogP contribution in [-0.2, 0) is 6.54 Å². The Balaban J connectivity index is 1.57. The van der Waals surface area contributed by atoms with Crippen molar-refractivity contribution >= 4 is 16.9 Å². The fraction of sp³-hybridized carbons (Fsp3) is 0.105. The molecule has 0 atom stereocenters. The number of nitrogens with zero attached hydrogens (tertiary/aromatic N) is 4. The van der Waals surface area contributed by atoms with Gasteiger partial charge in [0.2, 0.25) is 0 Å². The lowest BCUT2D eigenvalue weighted by molar-refractivity contribution is -0.0498. The maximum Gasteiger partial charge on any atom is 0.387 e. The van der Waals surface area contributed by atoms with Gasteiger partial charge in [0.1, 0.15) is 17.9 Å². The molecule has 2 aromatic heterocycles. The highest BCUT2D eigenvalue weighted by Gasteiger charge is 2.11. The quantitative estimate of drug-likeness (QED) is 0.557. The van der Waals surface area contributed by atoms with Crippen LogP contribution in [0.4, 0.5) is 14.6 Å². The average Bonchev–Trinajstić information content (AvgIpc) is 3.11. The fourth-order valence-corrected chi connectivity index (χ4v) is 2.76. The molecule has 1 N–H and O–H groups in total. The van der Waals surface area contributed by atoms with Crippen LogP contribution in [0.25, 0.3) is 16.7 Å². The number of nitrogens with one attached hydrogen (secondary N) is 1. The molecule has 0 unspecified atom stereocenters. The molecule has 136 valence electrons. The zero-order chi connectivity index (χ0) is 18.6. The number of hydrogen-bond acceptors (Lipinski definition) is 5. The Kier molecular flexibility index (Phi) is 4.61. The largest absolute Gasteiger partial charge is 0.435 e.